The first-order valence-corrected chi connectivity index (χ1v) is 7.85. The van der Waals surface area contributed by atoms with E-state index in [0.29, 0.717) is 26.7 Å². The van der Waals surface area contributed by atoms with Crippen molar-refractivity contribution in [3.8, 4) is 17.5 Å². The van der Waals surface area contributed by atoms with Crippen molar-refractivity contribution in [1.82, 2.24) is 9.97 Å². The third-order valence-corrected chi connectivity index (χ3v) is 4.78. The molecule has 0 spiro atoms. The Hall–Kier alpha value is -2.31. The number of rotatable bonds is 6. The summed E-state index contributed by atoms with van der Waals surface area (Å²) < 4.78 is 16.5. The zero-order valence-electron chi connectivity index (χ0n) is 12.2. The van der Waals surface area contributed by atoms with Gasteiger partial charge in [0.1, 0.15) is 0 Å². The van der Waals surface area contributed by atoms with Crippen molar-refractivity contribution in [2.75, 3.05) is 21.3 Å². The number of ether oxygens (including phenoxy) is 3. The monoisotopic (exact) mass is 370 g/mol. The number of carboxylic acid groups (broad SMARTS) is 1. The van der Waals surface area contributed by atoms with Crippen LogP contribution in [0.5, 0.6) is 17.5 Å². The fourth-order valence-electron chi connectivity index (χ4n) is 1.68. The van der Waals surface area contributed by atoms with E-state index in [0.717, 1.165) is 0 Å². The van der Waals surface area contributed by atoms with E-state index in [2.05, 4.69) is 9.97 Å². The van der Waals surface area contributed by atoms with Gasteiger partial charge in [-0.3, -0.25) is 0 Å². The molecule has 1 heterocycles. The molecule has 8 heteroatoms. The molecule has 0 atom stereocenters. The molecule has 0 unspecified atom stereocenters. The van der Waals surface area contributed by atoms with E-state index < -0.39 is 20.9 Å². The summed E-state index contributed by atoms with van der Waals surface area (Å²) in [6.45, 7) is 0. The van der Waals surface area contributed by atoms with Crippen LogP contribution >= 0.6 is 0 Å². The summed E-state index contributed by atoms with van der Waals surface area (Å²) in [5.74, 6) is 0.182. The Morgan fingerprint density at radius 1 is 1.09 bits per heavy atom. The molecule has 0 bridgehead atoms. The molecule has 0 aliphatic carbocycles. The molecule has 0 amide bonds. The molecule has 2 rings (SSSR count). The average molecular weight is 369 g/mol. The standard InChI is InChI=1S/C14H14N2O5Se/c1-19-9-6-4-5-8(13(17)18)12(9)22-14-15-10(20-2)7-11(16-14)21-3/h4-7H,1-3H3,(H,17,18). The fraction of sp³-hybridized carbons (Fsp3) is 0.214. The van der Waals surface area contributed by atoms with Gasteiger partial charge in [0.2, 0.25) is 0 Å². The zero-order valence-corrected chi connectivity index (χ0v) is 13.9. The second-order valence-corrected chi connectivity index (χ2v) is 6.03. The quantitative estimate of drug-likeness (QED) is 0.709. The van der Waals surface area contributed by atoms with E-state index in [9.17, 15) is 9.90 Å². The van der Waals surface area contributed by atoms with Crippen LogP contribution in [0.2, 0.25) is 0 Å². The summed E-state index contributed by atoms with van der Waals surface area (Å²) in [5.41, 5.74) is 0.171. The molecule has 0 aliphatic heterocycles. The van der Waals surface area contributed by atoms with Gasteiger partial charge in [0.05, 0.1) is 0 Å². The Morgan fingerprint density at radius 2 is 1.73 bits per heavy atom. The van der Waals surface area contributed by atoms with Crippen molar-refractivity contribution in [2.45, 2.75) is 0 Å². The van der Waals surface area contributed by atoms with Gasteiger partial charge in [-0.2, -0.15) is 0 Å². The molecule has 7 nitrogen and oxygen atoms in total. The molecule has 22 heavy (non-hydrogen) atoms. The van der Waals surface area contributed by atoms with Gasteiger partial charge in [-0.05, 0) is 0 Å². The van der Waals surface area contributed by atoms with E-state index in [-0.39, 0.29) is 5.56 Å². The van der Waals surface area contributed by atoms with Crippen LogP contribution < -0.4 is 23.4 Å². The van der Waals surface area contributed by atoms with Crippen LogP contribution in [0.25, 0.3) is 0 Å². The van der Waals surface area contributed by atoms with Gasteiger partial charge in [0, 0.05) is 0 Å². The number of nitrogens with zero attached hydrogens (tertiary/aromatic N) is 2. The zero-order chi connectivity index (χ0) is 16.1. The molecule has 1 aromatic carbocycles. The minimum atomic E-state index is -1.02. The minimum absolute atomic E-state index is 0.171. The molecule has 0 saturated carbocycles. The first-order chi connectivity index (χ1) is 10.6. The Kier molecular flexibility index (Phi) is 5.19. The number of aromatic carboxylic acids is 1. The first kappa shape index (κ1) is 16.1. The summed E-state index contributed by atoms with van der Waals surface area (Å²) in [4.78, 5) is 19.9. The molecule has 1 aromatic heterocycles. The fourth-order valence-corrected chi connectivity index (χ4v) is 3.72. The van der Waals surface area contributed by atoms with Crippen molar-refractivity contribution < 1.29 is 24.1 Å². The van der Waals surface area contributed by atoms with Gasteiger partial charge in [0.25, 0.3) is 0 Å². The van der Waals surface area contributed by atoms with Crippen LogP contribution in [0.4, 0.5) is 0 Å². The molecule has 0 saturated heterocycles. The predicted octanol–water partition coefficient (Wildman–Crippen LogP) is -0.144. The van der Waals surface area contributed by atoms with Gasteiger partial charge >= 0.3 is 133 Å². The maximum atomic E-state index is 11.4. The van der Waals surface area contributed by atoms with E-state index in [4.69, 9.17) is 14.2 Å². The molecule has 0 aliphatic rings. The van der Waals surface area contributed by atoms with Gasteiger partial charge in [-0.25, -0.2) is 0 Å². The summed E-state index contributed by atoms with van der Waals surface area (Å²) in [5, 5.41) is 9.33. The Balaban J connectivity index is 2.48. The molecular formula is C14H14N2O5Se. The molecule has 2 aromatic rings. The average Bonchev–Trinajstić information content (AvgIpc) is 2.54. The number of methoxy groups -OCH3 is 3. The van der Waals surface area contributed by atoms with E-state index in [1.165, 1.54) is 27.4 Å². The van der Waals surface area contributed by atoms with Gasteiger partial charge in [-0.1, -0.05) is 0 Å². The van der Waals surface area contributed by atoms with Crippen molar-refractivity contribution in [3.63, 3.8) is 0 Å². The SMILES string of the molecule is COc1cc(OC)nc([Se]c2c(OC)cccc2C(=O)O)n1. The Morgan fingerprint density at radius 3 is 2.23 bits per heavy atom. The number of aromatic nitrogens is 2. The van der Waals surface area contributed by atoms with Gasteiger partial charge < -0.3 is 0 Å². The summed E-state index contributed by atoms with van der Waals surface area (Å²) in [6, 6.07) is 6.43. The van der Waals surface area contributed by atoms with Crippen LogP contribution in [0, 0.1) is 0 Å². The van der Waals surface area contributed by atoms with Crippen LogP contribution in [0.15, 0.2) is 24.3 Å². The van der Waals surface area contributed by atoms with Gasteiger partial charge in [-0.15, -0.1) is 0 Å². The summed E-state index contributed by atoms with van der Waals surface area (Å²) in [6.07, 6.45) is 0. The van der Waals surface area contributed by atoms with Crippen LogP contribution in [0.3, 0.4) is 0 Å². The Labute approximate surface area is 133 Å². The summed E-state index contributed by atoms with van der Waals surface area (Å²) in [7, 11) is 4.47. The van der Waals surface area contributed by atoms with Crippen LogP contribution in [-0.4, -0.2) is 57.3 Å². The Bertz CT molecular complexity index is 671. The normalized spacial score (nSPS) is 10.1. The molecule has 116 valence electrons. The number of hydrogen-bond acceptors (Lipinski definition) is 6. The third kappa shape index (κ3) is 3.47. The maximum absolute atomic E-state index is 11.4. The number of carbonyl (C=O) groups is 1. The summed E-state index contributed by atoms with van der Waals surface area (Å²) >= 11 is -0.484. The predicted molar refractivity (Wildman–Crippen MR) is 80.1 cm³/mol. The third-order valence-electron chi connectivity index (χ3n) is 2.70. The molecule has 1 N–H and O–H groups in total. The van der Waals surface area contributed by atoms with Gasteiger partial charge in [0.15, 0.2) is 0 Å². The van der Waals surface area contributed by atoms with E-state index >= 15 is 0 Å². The van der Waals surface area contributed by atoms with Crippen molar-refractivity contribution in [1.29, 1.82) is 0 Å². The topological polar surface area (TPSA) is 90.8 Å². The number of hydrogen-bond donors (Lipinski definition) is 1. The van der Waals surface area contributed by atoms with E-state index in [1.54, 1.807) is 18.2 Å². The first-order valence-electron chi connectivity index (χ1n) is 6.14. The second kappa shape index (κ2) is 7.11. The van der Waals surface area contributed by atoms with Crippen molar-refractivity contribution in [3.05, 3.63) is 29.8 Å². The van der Waals surface area contributed by atoms with E-state index in [1.807, 2.05) is 0 Å². The van der Waals surface area contributed by atoms with Crippen molar-refractivity contribution >= 4 is 30.1 Å². The van der Waals surface area contributed by atoms with Crippen LogP contribution in [-0.2, 0) is 0 Å². The molecule has 0 fully saturated rings. The second-order valence-electron chi connectivity index (χ2n) is 3.98. The number of carboxylic acids is 1. The molecule has 0 radical (unpaired) electrons. The molecular weight excluding hydrogens is 355 g/mol. The van der Waals surface area contributed by atoms with Crippen LogP contribution in [0.1, 0.15) is 10.4 Å². The van der Waals surface area contributed by atoms with Crippen molar-refractivity contribution in [2.24, 2.45) is 0 Å². The number of benzene rings is 1.